The number of thiazole rings is 1. The third-order valence-electron chi connectivity index (χ3n) is 3.59. The van der Waals surface area contributed by atoms with E-state index < -0.39 is 12.6 Å². The van der Waals surface area contributed by atoms with Gasteiger partial charge in [0, 0.05) is 16.5 Å². The standard InChI is InChI=1S/C20H19N3O4S/c1-2-26-17-10-6-9-15(19(17)27-12-18(24)25)11-21-23-20-22-16(13-28-20)14-7-4-3-5-8-14/h3-11,13H,2,12H2,1H3,(H,22,23)(H,24,25). The highest BCUT2D eigenvalue weighted by Gasteiger charge is 2.12. The van der Waals surface area contributed by atoms with Gasteiger partial charge in [-0.25, -0.2) is 9.78 Å². The Hall–Kier alpha value is -3.39. The van der Waals surface area contributed by atoms with Crippen LogP contribution in [0.1, 0.15) is 12.5 Å². The number of rotatable bonds is 9. The average molecular weight is 397 g/mol. The molecule has 0 spiro atoms. The Morgan fingerprint density at radius 2 is 2.04 bits per heavy atom. The minimum atomic E-state index is -1.07. The lowest BCUT2D eigenvalue weighted by atomic mass is 10.2. The molecule has 0 fully saturated rings. The van der Waals surface area contributed by atoms with E-state index in [1.165, 1.54) is 11.3 Å². The third kappa shape index (κ3) is 5.08. The summed E-state index contributed by atoms with van der Waals surface area (Å²) in [6, 6.07) is 15.1. The molecule has 0 bridgehead atoms. The lowest BCUT2D eigenvalue weighted by Gasteiger charge is -2.12. The molecule has 8 heteroatoms. The summed E-state index contributed by atoms with van der Waals surface area (Å²) in [5.74, 6) is -0.265. The summed E-state index contributed by atoms with van der Waals surface area (Å²) in [6.07, 6.45) is 1.54. The molecule has 0 aliphatic rings. The van der Waals surface area contributed by atoms with Crippen molar-refractivity contribution in [3.8, 4) is 22.8 Å². The number of aromatic nitrogens is 1. The first-order chi connectivity index (χ1) is 13.7. The van der Waals surface area contributed by atoms with Gasteiger partial charge in [0.1, 0.15) is 0 Å². The van der Waals surface area contributed by atoms with Crippen LogP contribution in [0.3, 0.4) is 0 Å². The molecule has 28 heavy (non-hydrogen) atoms. The molecular weight excluding hydrogens is 378 g/mol. The Morgan fingerprint density at radius 1 is 1.21 bits per heavy atom. The number of aliphatic carboxylic acids is 1. The monoisotopic (exact) mass is 397 g/mol. The van der Waals surface area contributed by atoms with Gasteiger partial charge < -0.3 is 14.6 Å². The van der Waals surface area contributed by atoms with Crippen molar-refractivity contribution in [1.29, 1.82) is 0 Å². The predicted molar refractivity (Wildman–Crippen MR) is 110 cm³/mol. The minimum Gasteiger partial charge on any atom is -0.490 e. The largest absolute Gasteiger partial charge is 0.490 e. The molecule has 0 aliphatic heterocycles. The molecule has 2 aromatic carbocycles. The quantitative estimate of drug-likeness (QED) is 0.417. The van der Waals surface area contributed by atoms with Crippen LogP contribution in [0.15, 0.2) is 59.0 Å². The zero-order valence-electron chi connectivity index (χ0n) is 15.2. The van der Waals surface area contributed by atoms with Crippen molar-refractivity contribution in [2.75, 3.05) is 18.6 Å². The third-order valence-corrected chi connectivity index (χ3v) is 4.33. The second kappa shape index (κ2) is 9.52. The van der Waals surface area contributed by atoms with Crippen LogP contribution in [0.5, 0.6) is 11.5 Å². The summed E-state index contributed by atoms with van der Waals surface area (Å²) in [5.41, 5.74) is 5.39. The van der Waals surface area contributed by atoms with Crippen molar-refractivity contribution >= 4 is 28.7 Å². The fourth-order valence-electron chi connectivity index (χ4n) is 2.42. The van der Waals surface area contributed by atoms with Crippen LogP contribution in [0.25, 0.3) is 11.3 Å². The summed E-state index contributed by atoms with van der Waals surface area (Å²) in [7, 11) is 0. The van der Waals surface area contributed by atoms with Crippen LogP contribution in [0.2, 0.25) is 0 Å². The van der Waals surface area contributed by atoms with Gasteiger partial charge in [0.05, 0.1) is 18.5 Å². The van der Waals surface area contributed by atoms with Crippen LogP contribution >= 0.6 is 11.3 Å². The molecule has 0 saturated heterocycles. The molecule has 3 rings (SSSR count). The summed E-state index contributed by atoms with van der Waals surface area (Å²) >= 11 is 1.44. The molecule has 0 aliphatic carbocycles. The van der Waals surface area contributed by atoms with Crippen molar-refractivity contribution in [1.82, 2.24) is 4.98 Å². The van der Waals surface area contributed by atoms with Crippen molar-refractivity contribution in [3.05, 3.63) is 59.5 Å². The van der Waals surface area contributed by atoms with Gasteiger partial charge in [-0.15, -0.1) is 11.3 Å². The molecule has 1 aromatic heterocycles. The maximum atomic E-state index is 10.9. The van der Waals surface area contributed by atoms with E-state index in [4.69, 9.17) is 14.6 Å². The van der Waals surface area contributed by atoms with Gasteiger partial charge in [0.25, 0.3) is 0 Å². The van der Waals surface area contributed by atoms with Gasteiger partial charge >= 0.3 is 5.97 Å². The number of nitrogens with one attached hydrogen (secondary N) is 1. The van der Waals surface area contributed by atoms with E-state index in [1.807, 2.05) is 42.6 Å². The summed E-state index contributed by atoms with van der Waals surface area (Å²) in [4.78, 5) is 15.4. The number of benzene rings is 2. The molecule has 0 amide bonds. The number of carbonyl (C=O) groups is 1. The first-order valence-corrected chi connectivity index (χ1v) is 9.45. The average Bonchev–Trinajstić information content (AvgIpc) is 3.17. The molecule has 2 N–H and O–H groups in total. The van der Waals surface area contributed by atoms with E-state index in [1.54, 1.807) is 24.4 Å². The zero-order chi connectivity index (χ0) is 19.8. The second-order valence-electron chi connectivity index (χ2n) is 5.56. The van der Waals surface area contributed by atoms with Gasteiger partial charge in [0.15, 0.2) is 18.1 Å². The Bertz CT molecular complexity index is 957. The SMILES string of the molecule is CCOc1cccc(C=NNc2nc(-c3ccccc3)cs2)c1OCC(=O)O. The topological polar surface area (TPSA) is 93.0 Å². The van der Waals surface area contributed by atoms with E-state index >= 15 is 0 Å². The Labute approximate surface area is 166 Å². The molecule has 0 unspecified atom stereocenters. The van der Waals surface area contributed by atoms with Gasteiger partial charge in [-0.2, -0.15) is 5.10 Å². The van der Waals surface area contributed by atoms with Crippen molar-refractivity contribution in [2.24, 2.45) is 5.10 Å². The van der Waals surface area contributed by atoms with Gasteiger partial charge in [-0.3, -0.25) is 5.43 Å². The van der Waals surface area contributed by atoms with Crippen LogP contribution in [0, 0.1) is 0 Å². The van der Waals surface area contributed by atoms with Gasteiger partial charge in [0.2, 0.25) is 5.13 Å². The maximum Gasteiger partial charge on any atom is 0.341 e. The number of anilines is 1. The van der Waals surface area contributed by atoms with E-state index in [-0.39, 0.29) is 0 Å². The zero-order valence-corrected chi connectivity index (χ0v) is 16.0. The summed E-state index contributed by atoms with van der Waals surface area (Å²) < 4.78 is 10.9. The van der Waals surface area contributed by atoms with Crippen molar-refractivity contribution in [2.45, 2.75) is 6.92 Å². The first kappa shape index (κ1) is 19.4. The smallest absolute Gasteiger partial charge is 0.341 e. The molecule has 1 heterocycles. The number of hydrogen-bond donors (Lipinski definition) is 2. The van der Waals surface area contributed by atoms with Crippen LogP contribution in [-0.4, -0.2) is 35.5 Å². The Balaban J connectivity index is 1.74. The molecule has 144 valence electrons. The minimum absolute atomic E-state index is 0.335. The van der Waals surface area contributed by atoms with E-state index in [0.717, 1.165) is 11.3 Å². The molecule has 3 aromatic rings. The number of carboxylic acid groups (broad SMARTS) is 1. The van der Waals surface area contributed by atoms with Gasteiger partial charge in [-0.1, -0.05) is 36.4 Å². The van der Waals surface area contributed by atoms with Crippen LogP contribution in [-0.2, 0) is 4.79 Å². The number of hydrogen-bond acceptors (Lipinski definition) is 7. The molecule has 0 atom stereocenters. The number of carboxylic acids is 1. The Kier molecular flexibility index (Phi) is 6.59. The number of nitrogens with zero attached hydrogens (tertiary/aromatic N) is 2. The van der Waals surface area contributed by atoms with Crippen LogP contribution < -0.4 is 14.9 Å². The number of para-hydroxylation sites is 1. The fraction of sp³-hybridized carbons (Fsp3) is 0.150. The fourth-order valence-corrected chi connectivity index (χ4v) is 3.08. The second-order valence-corrected chi connectivity index (χ2v) is 6.42. The van der Waals surface area contributed by atoms with Gasteiger partial charge in [-0.05, 0) is 19.1 Å². The number of ether oxygens (including phenoxy) is 2. The highest BCUT2D eigenvalue weighted by Crippen LogP contribution is 2.30. The normalized spacial score (nSPS) is 10.8. The lowest BCUT2D eigenvalue weighted by molar-refractivity contribution is -0.139. The van der Waals surface area contributed by atoms with Crippen molar-refractivity contribution < 1.29 is 19.4 Å². The molecule has 0 saturated carbocycles. The van der Waals surface area contributed by atoms with E-state index in [2.05, 4.69) is 15.5 Å². The highest BCUT2D eigenvalue weighted by molar-refractivity contribution is 7.14. The first-order valence-electron chi connectivity index (χ1n) is 8.57. The molecular formula is C20H19N3O4S. The summed E-state index contributed by atoms with van der Waals surface area (Å²) in [6.45, 7) is 1.81. The Morgan fingerprint density at radius 3 is 2.79 bits per heavy atom. The molecule has 0 radical (unpaired) electrons. The summed E-state index contributed by atoms with van der Waals surface area (Å²) in [5, 5.41) is 15.7. The molecule has 7 nitrogen and oxygen atoms in total. The highest BCUT2D eigenvalue weighted by atomic mass is 32.1. The predicted octanol–water partition coefficient (Wildman–Crippen LogP) is 4.12. The van der Waals surface area contributed by atoms with E-state index in [9.17, 15) is 4.79 Å². The number of hydrazone groups is 1. The van der Waals surface area contributed by atoms with E-state index in [0.29, 0.717) is 28.8 Å². The lowest BCUT2D eigenvalue weighted by Crippen LogP contribution is -2.11. The van der Waals surface area contributed by atoms with Crippen LogP contribution in [0.4, 0.5) is 5.13 Å². The van der Waals surface area contributed by atoms with Crippen molar-refractivity contribution in [3.63, 3.8) is 0 Å². The maximum absolute atomic E-state index is 10.9.